The molecule has 1 heterocycles. The number of nitrogens with one attached hydrogen (secondary N) is 1. The van der Waals surface area contributed by atoms with E-state index in [2.05, 4.69) is 20.6 Å². The Morgan fingerprint density at radius 2 is 2.14 bits per heavy atom. The van der Waals surface area contributed by atoms with Gasteiger partial charge in [0.15, 0.2) is 5.96 Å². The van der Waals surface area contributed by atoms with Crippen molar-refractivity contribution in [1.29, 1.82) is 0 Å². The topological polar surface area (TPSA) is 90.3 Å². The number of aliphatic imine (C=N–C) groups is 1. The maximum Gasteiger partial charge on any atom is 0.189 e. The second-order valence-corrected chi connectivity index (χ2v) is 4.97. The summed E-state index contributed by atoms with van der Waals surface area (Å²) in [5.74, 6) is 1.28. The number of rotatable bonds is 5. The summed E-state index contributed by atoms with van der Waals surface area (Å²) in [4.78, 5) is 4.26. The second-order valence-electron chi connectivity index (χ2n) is 4.97. The molecule has 0 aliphatic heterocycles. The zero-order chi connectivity index (χ0) is 14.7. The maximum absolute atomic E-state index is 5.78. The van der Waals surface area contributed by atoms with Gasteiger partial charge in [-0.15, -0.1) is 29.1 Å². The third kappa shape index (κ3) is 4.33. The molecule has 1 fully saturated rings. The van der Waals surface area contributed by atoms with Gasteiger partial charge in [-0.25, -0.2) is 9.67 Å². The Kier molecular flexibility index (Phi) is 5.58. The smallest absolute Gasteiger partial charge is 0.189 e. The van der Waals surface area contributed by atoms with E-state index in [0.29, 0.717) is 18.5 Å². The van der Waals surface area contributed by atoms with Gasteiger partial charge in [-0.1, -0.05) is 5.21 Å². The van der Waals surface area contributed by atoms with E-state index in [1.54, 1.807) is 11.8 Å². The average Bonchev–Trinajstić information content (AvgIpc) is 3.19. The predicted octanol–water partition coefficient (Wildman–Crippen LogP) is 1.46. The normalized spacial score (nSPS) is 14.3. The van der Waals surface area contributed by atoms with E-state index in [1.165, 1.54) is 12.8 Å². The molecular formula is C14H19IN6O. The number of halogens is 1. The summed E-state index contributed by atoms with van der Waals surface area (Å²) in [6, 6.07) is 8.11. The van der Waals surface area contributed by atoms with Crippen molar-refractivity contribution in [3.63, 3.8) is 0 Å². The van der Waals surface area contributed by atoms with Gasteiger partial charge in [-0.2, -0.15) is 0 Å². The Bertz CT molecular complexity index is 635. The fourth-order valence-electron chi connectivity index (χ4n) is 1.88. The Balaban J connectivity index is 0.00000176. The van der Waals surface area contributed by atoms with Gasteiger partial charge >= 0.3 is 0 Å². The van der Waals surface area contributed by atoms with Crippen LogP contribution in [-0.2, 0) is 6.54 Å². The van der Waals surface area contributed by atoms with Gasteiger partial charge in [-0.05, 0) is 37.1 Å². The summed E-state index contributed by atoms with van der Waals surface area (Å²) >= 11 is 0. The molecule has 7 nitrogen and oxygen atoms in total. The fourth-order valence-corrected chi connectivity index (χ4v) is 1.88. The molecule has 22 heavy (non-hydrogen) atoms. The summed E-state index contributed by atoms with van der Waals surface area (Å²) < 4.78 is 6.83. The van der Waals surface area contributed by atoms with Crippen LogP contribution >= 0.6 is 24.0 Å². The third-order valence-electron chi connectivity index (χ3n) is 3.22. The van der Waals surface area contributed by atoms with Crippen LogP contribution in [0.4, 0.5) is 0 Å². The number of aromatic nitrogens is 3. The number of benzene rings is 1. The lowest BCUT2D eigenvalue weighted by Gasteiger charge is -2.02. The Hall–Kier alpha value is -1.84. The van der Waals surface area contributed by atoms with Crippen molar-refractivity contribution < 1.29 is 4.74 Å². The zero-order valence-corrected chi connectivity index (χ0v) is 14.6. The molecule has 0 unspecified atom stereocenters. The predicted molar refractivity (Wildman–Crippen MR) is 94.8 cm³/mol. The number of hydrogen-bond donors (Lipinski definition) is 2. The van der Waals surface area contributed by atoms with Crippen molar-refractivity contribution in [2.45, 2.75) is 25.4 Å². The minimum absolute atomic E-state index is 0. The van der Waals surface area contributed by atoms with Crippen LogP contribution in [0.3, 0.4) is 0 Å². The maximum atomic E-state index is 5.78. The average molecular weight is 414 g/mol. The number of nitrogens with zero attached hydrogens (tertiary/aromatic N) is 4. The van der Waals surface area contributed by atoms with Crippen molar-refractivity contribution in [3.8, 4) is 11.4 Å². The van der Waals surface area contributed by atoms with Gasteiger partial charge in [0.25, 0.3) is 0 Å². The quantitative estimate of drug-likeness (QED) is 0.439. The molecule has 1 aromatic carbocycles. The SMILES string of the molecule is COc1ccc(-n2cc(CN=C(N)NC3CC3)nn2)cc1.I. The van der Waals surface area contributed by atoms with Crippen molar-refractivity contribution in [2.75, 3.05) is 7.11 Å². The van der Waals surface area contributed by atoms with Crippen LogP contribution in [0.1, 0.15) is 18.5 Å². The van der Waals surface area contributed by atoms with E-state index in [0.717, 1.165) is 17.1 Å². The first-order valence-corrected chi connectivity index (χ1v) is 6.87. The monoisotopic (exact) mass is 414 g/mol. The molecule has 1 aliphatic rings. The Labute approximate surface area is 146 Å². The molecule has 0 saturated heterocycles. The van der Waals surface area contributed by atoms with Gasteiger partial charge < -0.3 is 15.8 Å². The lowest BCUT2D eigenvalue weighted by atomic mass is 10.3. The molecule has 1 aliphatic carbocycles. The van der Waals surface area contributed by atoms with E-state index in [-0.39, 0.29) is 24.0 Å². The molecule has 2 aromatic rings. The van der Waals surface area contributed by atoms with Crippen LogP contribution in [-0.4, -0.2) is 34.1 Å². The number of guanidine groups is 1. The molecule has 8 heteroatoms. The zero-order valence-electron chi connectivity index (χ0n) is 12.3. The highest BCUT2D eigenvalue weighted by Gasteiger charge is 2.21. The lowest BCUT2D eigenvalue weighted by molar-refractivity contribution is 0.414. The fraction of sp³-hybridized carbons (Fsp3) is 0.357. The summed E-state index contributed by atoms with van der Waals surface area (Å²) in [5.41, 5.74) is 7.47. The number of nitrogens with two attached hydrogens (primary N) is 1. The molecule has 1 aromatic heterocycles. The molecule has 0 atom stereocenters. The first kappa shape index (κ1) is 16.5. The van der Waals surface area contributed by atoms with Gasteiger partial charge in [-0.3, -0.25) is 0 Å². The summed E-state index contributed by atoms with van der Waals surface area (Å²) in [6.45, 7) is 0.418. The number of methoxy groups -OCH3 is 1. The minimum atomic E-state index is 0. The number of ether oxygens (including phenoxy) is 1. The molecule has 118 valence electrons. The van der Waals surface area contributed by atoms with Crippen LogP contribution in [0, 0.1) is 0 Å². The summed E-state index contributed by atoms with van der Waals surface area (Å²) in [6.07, 6.45) is 4.18. The van der Waals surface area contributed by atoms with Crippen LogP contribution in [0.25, 0.3) is 5.69 Å². The Morgan fingerprint density at radius 1 is 1.41 bits per heavy atom. The first-order valence-electron chi connectivity index (χ1n) is 6.87. The lowest BCUT2D eigenvalue weighted by Crippen LogP contribution is -2.33. The van der Waals surface area contributed by atoms with Crippen molar-refractivity contribution in [1.82, 2.24) is 20.3 Å². The van der Waals surface area contributed by atoms with Crippen LogP contribution in [0.15, 0.2) is 35.5 Å². The molecule has 0 bridgehead atoms. The van der Waals surface area contributed by atoms with E-state index in [9.17, 15) is 0 Å². The minimum Gasteiger partial charge on any atom is -0.497 e. The summed E-state index contributed by atoms with van der Waals surface area (Å²) in [5, 5.41) is 11.3. The van der Waals surface area contributed by atoms with Gasteiger partial charge in [0, 0.05) is 6.04 Å². The largest absolute Gasteiger partial charge is 0.497 e. The van der Waals surface area contributed by atoms with Crippen molar-refractivity contribution in [2.24, 2.45) is 10.7 Å². The first-order chi connectivity index (χ1) is 10.2. The van der Waals surface area contributed by atoms with Crippen LogP contribution in [0.2, 0.25) is 0 Å². The molecule has 3 N–H and O–H groups in total. The van der Waals surface area contributed by atoms with E-state index >= 15 is 0 Å². The Morgan fingerprint density at radius 3 is 2.77 bits per heavy atom. The van der Waals surface area contributed by atoms with Crippen LogP contribution in [0.5, 0.6) is 5.75 Å². The van der Waals surface area contributed by atoms with Crippen molar-refractivity contribution >= 4 is 29.9 Å². The highest BCUT2D eigenvalue weighted by Crippen LogP contribution is 2.18. The summed E-state index contributed by atoms with van der Waals surface area (Å²) in [7, 11) is 1.64. The molecular weight excluding hydrogens is 395 g/mol. The van der Waals surface area contributed by atoms with E-state index in [4.69, 9.17) is 10.5 Å². The highest BCUT2D eigenvalue weighted by molar-refractivity contribution is 14.0. The molecule has 1 saturated carbocycles. The highest BCUT2D eigenvalue weighted by atomic mass is 127. The van der Waals surface area contributed by atoms with E-state index < -0.39 is 0 Å². The third-order valence-corrected chi connectivity index (χ3v) is 3.22. The van der Waals surface area contributed by atoms with Crippen molar-refractivity contribution in [3.05, 3.63) is 36.2 Å². The molecule has 0 amide bonds. The standard InChI is InChI=1S/C14H18N6O.HI/c1-21-13-6-4-12(5-7-13)20-9-11(18-19-20)8-16-14(15)17-10-2-3-10;/h4-7,9-10H,2-3,8H2,1H3,(H3,15,16,17);1H. The van der Waals surface area contributed by atoms with Gasteiger partial charge in [0.1, 0.15) is 11.4 Å². The van der Waals surface area contributed by atoms with Gasteiger partial charge in [0.2, 0.25) is 0 Å². The molecule has 3 rings (SSSR count). The number of hydrogen-bond acceptors (Lipinski definition) is 4. The second kappa shape index (κ2) is 7.43. The molecule has 0 radical (unpaired) electrons. The van der Waals surface area contributed by atoms with E-state index in [1.807, 2.05) is 30.5 Å². The van der Waals surface area contributed by atoms with Gasteiger partial charge in [0.05, 0.1) is 25.5 Å². The van der Waals surface area contributed by atoms with Crippen LogP contribution < -0.4 is 15.8 Å². The molecule has 0 spiro atoms.